The zero-order chi connectivity index (χ0) is 11.5. The Kier molecular flexibility index (Phi) is 2.50. The molecule has 0 fully saturated rings. The molecule has 7 heteroatoms. The van der Waals surface area contributed by atoms with Crippen molar-refractivity contribution < 1.29 is 9.90 Å². The van der Waals surface area contributed by atoms with Crippen LogP contribution in [0, 0.1) is 0 Å². The van der Waals surface area contributed by atoms with Crippen molar-refractivity contribution in [1.82, 2.24) is 19.7 Å². The summed E-state index contributed by atoms with van der Waals surface area (Å²) in [6.45, 7) is 0. The van der Waals surface area contributed by atoms with Crippen LogP contribution in [0.2, 0.25) is 0 Å². The molecule has 0 atom stereocenters. The highest BCUT2D eigenvalue weighted by molar-refractivity contribution is 5.86. The van der Waals surface area contributed by atoms with E-state index in [4.69, 9.17) is 5.11 Å². The lowest BCUT2D eigenvalue weighted by Crippen LogP contribution is -2.01. The minimum Gasteiger partial charge on any atom is -0.478 e. The van der Waals surface area contributed by atoms with Crippen molar-refractivity contribution >= 4 is 17.6 Å². The van der Waals surface area contributed by atoms with Gasteiger partial charge in [0.1, 0.15) is 0 Å². The Morgan fingerprint density at radius 1 is 1.38 bits per heavy atom. The highest BCUT2D eigenvalue weighted by Crippen LogP contribution is 2.10. The van der Waals surface area contributed by atoms with Crippen LogP contribution in [0.5, 0.6) is 0 Å². The zero-order valence-corrected chi connectivity index (χ0v) is 8.45. The average Bonchev–Trinajstić information content (AvgIpc) is 2.65. The van der Waals surface area contributed by atoms with E-state index in [1.165, 1.54) is 12.4 Å². The number of carboxylic acids is 1. The molecule has 2 N–H and O–H groups in total. The van der Waals surface area contributed by atoms with Gasteiger partial charge in [0.25, 0.3) is 0 Å². The van der Waals surface area contributed by atoms with E-state index < -0.39 is 5.97 Å². The fourth-order valence-corrected chi connectivity index (χ4v) is 1.12. The summed E-state index contributed by atoms with van der Waals surface area (Å²) in [5.41, 5.74) is 0.794. The molecule has 16 heavy (non-hydrogen) atoms. The Morgan fingerprint density at radius 2 is 2.06 bits per heavy atom. The van der Waals surface area contributed by atoms with Crippen molar-refractivity contribution in [3.63, 3.8) is 0 Å². The fourth-order valence-electron chi connectivity index (χ4n) is 1.12. The fraction of sp³-hybridized carbons (Fsp3) is 0.111. The summed E-state index contributed by atoms with van der Waals surface area (Å²) in [5, 5.41) is 15.5. The quantitative estimate of drug-likeness (QED) is 0.787. The standard InChI is InChI=1S/C9H9N5O2/c1-14-5-7(4-12-14)13-9-10-2-6(3-11-9)8(15)16/h2-5H,1H3,(H,15,16)(H,10,11,13). The van der Waals surface area contributed by atoms with Gasteiger partial charge in [-0.25, -0.2) is 14.8 Å². The minimum absolute atomic E-state index is 0.0525. The van der Waals surface area contributed by atoms with Crippen LogP contribution in [0.15, 0.2) is 24.8 Å². The van der Waals surface area contributed by atoms with Crippen LogP contribution < -0.4 is 5.32 Å². The minimum atomic E-state index is -1.05. The average molecular weight is 219 g/mol. The van der Waals surface area contributed by atoms with E-state index in [1.807, 2.05) is 0 Å². The van der Waals surface area contributed by atoms with Crippen molar-refractivity contribution in [2.45, 2.75) is 0 Å². The second kappa shape index (κ2) is 3.97. The molecule has 0 amide bonds. The Balaban J connectivity index is 2.14. The van der Waals surface area contributed by atoms with Crippen molar-refractivity contribution in [3.8, 4) is 0 Å². The maximum Gasteiger partial charge on any atom is 0.338 e. The predicted octanol–water partition coefficient (Wildman–Crippen LogP) is 0.652. The van der Waals surface area contributed by atoms with Gasteiger partial charge in [0.15, 0.2) is 0 Å². The van der Waals surface area contributed by atoms with Gasteiger partial charge in [-0.3, -0.25) is 4.68 Å². The van der Waals surface area contributed by atoms with E-state index in [9.17, 15) is 4.79 Å². The number of nitrogens with zero attached hydrogens (tertiary/aromatic N) is 4. The number of hydrogen-bond acceptors (Lipinski definition) is 5. The highest BCUT2D eigenvalue weighted by Gasteiger charge is 2.04. The van der Waals surface area contributed by atoms with Gasteiger partial charge in [-0.1, -0.05) is 0 Å². The molecule has 0 saturated heterocycles. The lowest BCUT2D eigenvalue weighted by Gasteiger charge is -2.00. The van der Waals surface area contributed by atoms with Crippen LogP contribution in [-0.2, 0) is 7.05 Å². The first kappa shape index (κ1) is 10.1. The Bertz CT molecular complexity index is 505. The number of anilines is 2. The molecule has 2 aromatic rings. The largest absolute Gasteiger partial charge is 0.478 e. The van der Waals surface area contributed by atoms with Gasteiger partial charge in [-0.15, -0.1) is 0 Å². The summed E-state index contributed by atoms with van der Waals surface area (Å²) in [6, 6.07) is 0. The van der Waals surface area contributed by atoms with Gasteiger partial charge < -0.3 is 10.4 Å². The number of aryl methyl sites for hydroxylation is 1. The molecule has 0 unspecified atom stereocenters. The molecule has 0 radical (unpaired) electrons. The zero-order valence-electron chi connectivity index (χ0n) is 8.45. The molecule has 0 aliphatic carbocycles. The Labute approximate surface area is 90.8 Å². The Hall–Kier alpha value is -2.44. The van der Waals surface area contributed by atoms with Gasteiger partial charge >= 0.3 is 5.97 Å². The van der Waals surface area contributed by atoms with E-state index in [2.05, 4.69) is 20.4 Å². The third-order valence-electron chi connectivity index (χ3n) is 1.86. The highest BCUT2D eigenvalue weighted by atomic mass is 16.4. The molecule has 0 aliphatic heterocycles. The lowest BCUT2D eigenvalue weighted by molar-refractivity contribution is 0.0696. The summed E-state index contributed by atoms with van der Waals surface area (Å²) in [7, 11) is 1.79. The molecule has 2 rings (SSSR count). The normalized spacial score (nSPS) is 10.1. The van der Waals surface area contributed by atoms with Crippen LogP contribution in [-0.4, -0.2) is 30.8 Å². The maximum atomic E-state index is 10.6. The van der Waals surface area contributed by atoms with Crippen molar-refractivity contribution in [2.24, 2.45) is 7.05 Å². The van der Waals surface area contributed by atoms with Crippen LogP contribution in [0.4, 0.5) is 11.6 Å². The number of carboxylic acid groups (broad SMARTS) is 1. The number of rotatable bonds is 3. The first-order valence-corrected chi connectivity index (χ1v) is 4.46. The van der Waals surface area contributed by atoms with Gasteiger partial charge in [0.05, 0.1) is 17.4 Å². The van der Waals surface area contributed by atoms with Crippen LogP contribution in [0.25, 0.3) is 0 Å². The van der Waals surface area contributed by atoms with Crippen LogP contribution in [0.1, 0.15) is 10.4 Å². The molecule has 0 saturated carbocycles. The number of aromatic nitrogens is 4. The number of nitrogens with one attached hydrogen (secondary N) is 1. The second-order valence-corrected chi connectivity index (χ2v) is 3.13. The van der Waals surface area contributed by atoms with Gasteiger partial charge in [0, 0.05) is 25.6 Å². The third-order valence-corrected chi connectivity index (χ3v) is 1.86. The van der Waals surface area contributed by atoms with Gasteiger partial charge in [0.2, 0.25) is 5.95 Å². The van der Waals surface area contributed by atoms with Crippen LogP contribution >= 0.6 is 0 Å². The van der Waals surface area contributed by atoms with E-state index in [0.717, 1.165) is 5.69 Å². The SMILES string of the molecule is Cn1cc(Nc2ncc(C(=O)O)cn2)cn1. The number of carbonyl (C=O) groups is 1. The molecule has 2 aromatic heterocycles. The third kappa shape index (κ3) is 2.14. The maximum absolute atomic E-state index is 10.6. The van der Waals surface area contributed by atoms with Gasteiger partial charge in [-0.05, 0) is 0 Å². The molecule has 0 aromatic carbocycles. The predicted molar refractivity (Wildman–Crippen MR) is 55.5 cm³/mol. The summed E-state index contributed by atoms with van der Waals surface area (Å²) < 4.78 is 1.63. The number of aromatic carboxylic acids is 1. The molecule has 82 valence electrons. The topological polar surface area (TPSA) is 92.9 Å². The van der Waals surface area contributed by atoms with E-state index in [-0.39, 0.29) is 5.56 Å². The monoisotopic (exact) mass is 219 g/mol. The number of hydrogen-bond donors (Lipinski definition) is 2. The van der Waals surface area contributed by atoms with Crippen molar-refractivity contribution in [3.05, 3.63) is 30.4 Å². The summed E-state index contributed by atoms with van der Waals surface area (Å²) in [6.07, 6.45) is 5.87. The second-order valence-electron chi connectivity index (χ2n) is 3.13. The molecule has 0 bridgehead atoms. The van der Waals surface area contributed by atoms with Crippen molar-refractivity contribution in [2.75, 3.05) is 5.32 Å². The van der Waals surface area contributed by atoms with Crippen molar-refractivity contribution in [1.29, 1.82) is 0 Å². The molecule has 0 spiro atoms. The van der Waals surface area contributed by atoms with E-state index >= 15 is 0 Å². The van der Waals surface area contributed by atoms with E-state index in [0.29, 0.717) is 5.95 Å². The molecular weight excluding hydrogens is 210 g/mol. The molecular formula is C9H9N5O2. The van der Waals surface area contributed by atoms with Crippen LogP contribution in [0.3, 0.4) is 0 Å². The Morgan fingerprint density at radius 3 is 2.56 bits per heavy atom. The summed E-state index contributed by atoms with van der Waals surface area (Å²) in [5.74, 6) is -0.717. The smallest absolute Gasteiger partial charge is 0.338 e. The first-order chi connectivity index (χ1) is 7.65. The lowest BCUT2D eigenvalue weighted by atomic mass is 10.3. The summed E-state index contributed by atoms with van der Waals surface area (Å²) >= 11 is 0. The summed E-state index contributed by atoms with van der Waals surface area (Å²) in [4.78, 5) is 18.3. The molecule has 2 heterocycles. The molecule has 7 nitrogen and oxygen atoms in total. The van der Waals surface area contributed by atoms with Gasteiger partial charge in [-0.2, -0.15) is 5.10 Å². The van der Waals surface area contributed by atoms with E-state index in [1.54, 1.807) is 24.1 Å². The first-order valence-electron chi connectivity index (χ1n) is 4.46. The molecule has 0 aliphatic rings.